The number of anilines is 2. The fourth-order valence-electron chi connectivity index (χ4n) is 4.87. The van der Waals surface area contributed by atoms with Crippen molar-refractivity contribution >= 4 is 39.0 Å². The van der Waals surface area contributed by atoms with Crippen LogP contribution in [-0.2, 0) is 21.2 Å². The predicted octanol–water partition coefficient (Wildman–Crippen LogP) is 3.92. The number of nitrogens with two attached hydrogens (primary N) is 1. The van der Waals surface area contributed by atoms with Crippen molar-refractivity contribution in [3.05, 3.63) is 52.8 Å². The van der Waals surface area contributed by atoms with Crippen molar-refractivity contribution < 1.29 is 22.0 Å². The molecule has 2 aromatic carbocycles. The molecule has 0 unspecified atom stereocenters. The maximum Gasteiger partial charge on any atom is 0.316 e. The van der Waals surface area contributed by atoms with E-state index in [1.54, 1.807) is 24.3 Å². The number of carbonyl (C=O) groups excluding carboxylic acids is 1. The monoisotopic (exact) mass is 557 g/mol. The fourth-order valence-corrected chi connectivity index (χ4v) is 6.56. The van der Waals surface area contributed by atoms with Crippen LogP contribution < -0.4 is 16.0 Å². The molecular weight excluding hydrogens is 533 g/mol. The third-order valence-corrected chi connectivity index (χ3v) is 8.94. The molecule has 1 saturated carbocycles. The molecule has 2 heterocycles. The molecule has 1 aliphatic heterocycles. The average Bonchev–Trinajstić information content (AvgIpc) is 3.33. The minimum Gasteiger partial charge on any atom is -0.403 e. The number of fused-ring (bicyclic) bond motifs is 1. The van der Waals surface area contributed by atoms with E-state index >= 15 is 4.39 Å². The standard InChI is InChI=1S/C26H25ClFN5O4S/c1-2-26(10-4-3-5-11-26)30-25-32-31-23(37-25)18-12-21-22(13-19(18)28)38(35,36)15-20(29)24(34)33(21)14-16-6-8-17(27)9-7-16/h1,6-9,12-13,20H,3-5,10-11,14-15,29H2,(H,30,32)/t20-/m0/s1. The lowest BCUT2D eigenvalue weighted by molar-refractivity contribution is -0.119. The lowest BCUT2D eigenvalue weighted by atomic mass is 9.82. The van der Waals surface area contributed by atoms with Crippen LogP contribution in [0.4, 0.5) is 16.1 Å². The highest BCUT2D eigenvalue weighted by Gasteiger charge is 2.38. The Morgan fingerprint density at radius 3 is 2.61 bits per heavy atom. The van der Waals surface area contributed by atoms with Crippen LogP contribution in [0, 0.1) is 18.2 Å². The van der Waals surface area contributed by atoms with Crippen molar-refractivity contribution in [3.8, 4) is 23.8 Å². The number of benzene rings is 2. The van der Waals surface area contributed by atoms with Crippen LogP contribution in [-0.4, -0.2) is 41.9 Å². The minimum atomic E-state index is -4.09. The lowest BCUT2D eigenvalue weighted by Crippen LogP contribution is -2.45. The largest absolute Gasteiger partial charge is 0.403 e. The number of amides is 1. The first kappa shape index (κ1) is 26.2. The number of terminal acetylenes is 1. The van der Waals surface area contributed by atoms with E-state index < -0.39 is 38.9 Å². The molecule has 9 nitrogen and oxygen atoms in total. The summed E-state index contributed by atoms with van der Waals surface area (Å²) in [5, 5.41) is 11.6. The maximum absolute atomic E-state index is 15.3. The number of hydrogen-bond donors (Lipinski definition) is 2. The maximum atomic E-state index is 15.3. The first-order valence-corrected chi connectivity index (χ1v) is 14.1. The van der Waals surface area contributed by atoms with Crippen molar-refractivity contribution in [3.63, 3.8) is 0 Å². The lowest BCUT2D eigenvalue weighted by Gasteiger charge is -2.32. The van der Waals surface area contributed by atoms with Gasteiger partial charge in [-0.3, -0.25) is 4.79 Å². The van der Waals surface area contributed by atoms with Gasteiger partial charge < -0.3 is 20.4 Å². The van der Waals surface area contributed by atoms with Gasteiger partial charge in [0.1, 0.15) is 11.4 Å². The van der Waals surface area contributed by atoms with Crippen LogP contribution in [0.2, 0.25) is 5.02 Å². The Morgan fingerprint density at radius 1 is 1.21 bits per heavy atom. The van der Waals surface area contributed by atoms with E-state index in [2.05, 4.69) is 21.4 Å². The summed E-state index contributed by atoms with van der Waals surface area (Å²) in [4.78, 5) is 14.1. The molecule has 198 valence electrons. The number of halogens is 2. The molecule has 38 heavy (non-hydrogen) atoms. The number of carbonyl (C=O) groups is 1. The Bertz CT molecular complexity index is 1530. The first-order valence-electron chi connectivity index (χ1n) is 12.1. The molecule has 12 heteroatoms. The Balaban J connectivity index is 1.56. The summed E-state index contributed by atoms with van der Waals surface area (Å²) in [6, 6.07) is 7.48. The van der Waals surface area contributed by atoms with Gasteiger partial charge in [-0.2, -0.15) is 0 Å². The molecular formula is C26H25ClFN5O4S. The molecule has 0 bridgehead atoms. The van der Waals surface area contributed by atoms with Crippen LogP contribution in [0.3, 0.4) is 0 Å². The molecule has 0 saturated heterocycles. The van der Waals surface area contributed by atoms with Crippen LogP contribution in [0.5, 0.6) is 0 Å². The molecule has 1 aliphatic carbocycles. The van der Waals surface area contributed by atoms with E-state index in [1.165, 1.54) is 11.0 Å². The molecule has 1 aromatic heterocycles. The van der Waals surface area contributed by atoms with E-state index in [0.29, 0.717) is 10.6 Å². The normalized spacial score (nSPS) is 20.3. The SMILES string of the molecule is C#CC1(Nc2nnc(-c3cc4c(cc3F)S(=O)(=O)C[C@H](N)C(=O)N4Cc3ccc(Cl)cc3)o2)CCCCC1. The van der Waals surface area contributed by atoms with Gasteiger partial charge >= 0.3 is 6.01 Å². The topological polar surface area (TPSA) is 131 Å². The van der Waals surface area contributed by atoms with Crippen molar-refractivity contribution in [2.45, 2.75) is 55.1 Å². The van der Waals surface area contributed by atoms with E-state index in [0.717, 1.165) is 38.2 Å². The zero-order chi connectivity index (χ0) is 27.1. The summed E-state index contributed by atoms with van der Waals surface area (Å²) in [6.45, 7) is -0.0153. The van der Waals surface area contributed by atoms with Gasteiger partial charge in [0.25, 0.3) is 5.89 Å². The molecule has 3 N–H and O–H groups in total. The van der Waals surface area contributed by atoms with Crippen molar-refractivity contribution in [2.24, 2.45) is 5.73 Å². The van der Waals surface area contributed by atoms with Crippen molar-refractivity contribution in [2.75, 3.05) is 16.0 Å². The van der Waals surface area contributed by atoms with E-state index in [1.807, 2.05) is 0 Å². The van der Waals surface area contributed by atoms with Gasteiger partial charge in [-0.25, -0.2) is 12.8 Å². The van der Waals surface area contributed by atoms with Gasteiger partial charge in [0, 0.05) is 5.02 Å². The van der Waals surface area contributed by atoms with Gasteiger partial charge in [-0.15, -0.1) is 11.5 Å². The fraction of sp³-hybridized carbons (Fsp3) is 0.346. The van der Waals surface area contributed by atoms with Crippen molar-refractivity contribution in [1.29, 1.82) is 0 Å². The molecule has 0 spiro atoms. The number of nitrogens with zero attached hydrogens (tertiary/aromatic N) is 3. The van der Waals surface area contributed by atoms with Crippen LogP contribution >= 0.6 is 11.6 Å². The Kier molecular flexibility index (Phi) is 6.90. The Labute approximate surface area is 224 Å². The van der Waals surface area contributed by atoms with Gasteiger partial charge in [0.15, 0.2) is 9.84 Å². The molecule has 2 aliphatic rings. The van der Waals surface area contributed by atoms with E-state index in [-0.39, 0.29) is 34.6 Å². The second-order valence-corrected chi connectivity index (χ2v) is 12.0. The summed E-state index contributed by atoms with van der Waals surface area (Å²) in [7, 11) is -4.09. The highest BCUT2D eigenvalue weighted by atomic mass is 35.5. The second kappa shape index (κ2) is 10.0. The third-order valence-electron chi connectivity index (χ3n) is 6.90. The molecule has 3 aromatic rings. The summed E-state index contributed by atoms with van der Waals surface area (Å²) < 4.78 is 47.2. The van der Waals surface area contributed by atoms with Crippen LogP contribution in [0.1, 0.15) is 37.7 Å². The number of nitrogens with one attached hydrogen (secondary N) is 1. The van der Waals surface area contributed by atoms with Gasteiger partial charge in [-0.05, 0) is 42.7 Å². The van der Waals surface area contributed by atoms with Crippen LogP contribution in [0.25, 0.3) is 11.5 Å². The zero-order valence-corrected chi connectivity index (χ0v) is 21.9. The Hall–Kier alpha value is -3.46. The number of aromatic nitrogens is 2. The van der Waals surface area contributed by atoms with E-state index in [9.17, 15) is 13.2 Å². The number of rotatable bonds is 5. The minimum absolute atomic E-state index is 0.0153. The highest BCUT2D eigenvalue weighted by Crippen LogP contribution is 2.38. The summed E-state index contributed by atoms with van der Waals surface area (Å²) in [6.07, 6.45) is 10.2. The van der Waals surface area contributed by atoms with Gasteiger partial charge in [-0.1, -0.05) is 54.0 Å². The Morgan fingerprint density at radius 2 is 1.92 bits per heavy atom. The first-order chi connectivity index (χ1) is 18.1. The van der Waals surface area contributed by atoms with Crippen LogP contribution in [0.15, 0.2) is 45.7 Å². The molecule has 5 rings (SSSR count). The quantitative estimate of drug-likeness (QED) is 0.451. The molecule has 1 amide bonds. The summed E-state index contributed by atoms with van der Waals surface area (Å²) in [5.41, 5.74) is 5.79. The predicted molar refractivity (Wildman–Crippen MR) is 141 cm³/mol. The molecule has 1 fully saturated rings. The highest BCUT2D eigenvalue weighted by molar-refractivity contribution is 7.91. The molecule has 1 atom stereocenters. The third kappa shape index (κ3) is 4.99. The van der Waals surface area contributed by atoms with E-state index in [4.69, 9.17) is 28.2 Å². The van der Waals surface area contributed by atoms with Gasteiger partial charge in [0.2, 0.25) is 5.91 Å². The number of sulfone groups is 1. The smallest absolute Gasteiger partial charge is 0.316 e. The average molecular weight is 558 g/mol. The summed E-state index contributed by atoms with van der Waals surface area (Å²) >= 11 is 5.98. The molecule has 0 radical (unpaired) electrons. The summed E-state index contributed by atoms with van der Waals surface area (Å²) in [5.74, 6) is 0.406. The van der Waals surface area contributed by atoms with Crippen molar-refractivity contribution in [1.82, 2.24) is 10.2 Å². The number of hydrogen-bond acceptors (Lipinski definition) is 8. The second-order valence-electron chi connectivity index (χ2n) is 9.56. The zero-order valence-electron chi connectivity index (χ0n) is 20.3. The van der Waals surface area contributed by atoms with Gasteiger partial charge in [0.05, 0.1) is 34.5 Å².